The molecule has 1 saturated heterocycles. The van der Waals surface area contributed by atoms with Crippen molar-refractivity contribution in [2.45, 2.75) is 25.7 Å². The van der Waals surface area contributed by atoms with Crippen molar-refractivity contribution in [1.29, 1.82) is 0 Å². The molecule has 0 aromatic carbocycles. The maximum atomic E-state index is 12.5. The molecule has 3 aromatic heterocycles. The van der Waals surface area contributed by atoms with Crippen LogP contribution in [-0.4, -0.2) is 38.6 Å². The minimum absolute atomic E-state index is 0.170. The highest BCUT2D eigenvalue weighted by Gasteiger charge is 2.18. The Hall–Kier alpha value is -2.32. The van der Waals surface area contributed by atoms with E-state index < -0.39 is 0 Å². The Bertz CT molecular complexity index is 880. The number of anilines is 1. The van der Waals surface area contributed by atoms with E-state index in [-0.39, 0.29) is 5.91 Å². The second kappa shape index (κ2) is 6.29. The summed E-state index contributed by atoms with van der Waals surface area (Å²) in [6.45, 7) is 3.94. The SMILES string of the molecule is Cc1nnc2ccc(C(=O)Nc3ncc(C4CCNCC4)s3)cn12. The number of piperidine rings is 1. The zero-order chi connectivity index (χ0) is 16.5. The van der Waals surface area contributed by atoms with Gasteiger partial charge < -0.3 is 5.32 Å². The molecule has 0 aliphatic carbocycles. The number of rotatable bonds is 3. The first-order chi connectivity index (χ1) is 11.7. The molecule has 8 heteroatoms. The topological polar surface area (TPSA) is 84.2 Å². The third-order valence-corrected chi connectivity index (χ3v) is 5.40. The van der Waals surface area contributed by atoms with Crippen LogP contribution < -0.4 is 10.6 Å². The number of aryl methyl sites for hydroxylation is 1. The zero-order valence-corrected chi connectivity index (χ0v) is 14.1. The molecule has 124 valence electrons. The van der Waals surface area contributed by atoms with Crippen molar-refractivity contribution in [1.82, 2.24) is 24.9 Å². The van der Waals surface area contributed by atoms with E-state index in [2.05, 4.69) is 25.8 Å². The highest BCUT2D eigenvalue weighted by molar-refractivity contribution is 7.15. The van der Waals surface area contributed by atoms with Crippen molar-refractivity contribution in [3.63, 3.8) is 0 Å². The van der Waals surface area contributed by atoms with Gasteiger partial charge in [0.2, 0.25) is 0 Å². The largest absolute Gasteiger partial charge is 0.317 e. The number of aromatic nitrogens is 4. The van der Waals surface area contributed by atoms with Crippen LogP contribution >= 0.6 is 11.3 Å². The summed E-state index contributed by atoms with van der Waals surface area (Å²) in [6, 6.07) is 3.54. The molecule has 24 heavy (non-hydrogen) atoms. The lowest BCUT2D eigenvalue weighted by atomic mass is 9.97. The summed E-state index contributed by atoms with van der Waals surface area (Å²) in [5, 5.41) is 14.9. The number of pyridine rings is 1. The standard InChI is InChI=1S/C16H18N6OS/c1-10-20-21-14-3-2-12(9-22(10)14)15(23)19-16-18-8-13(24-16)11-4-6-17-7-5-11/h2-3,8-9,11,17H,4-7H2,1H3,(H,18,19,23). The van der Waals surface area contributed by atoms with Gasteiger partial charge in [-0.05, 0) is 50.9 Å². The van der Waals surface area contributed by atoms with Gasteiger partial charge in [-0.3, -0.25) is 14.5 Å². The Morgan fingerprint density at radius 2 is 2.17 bits per heavy atom. The minimum atomic E-state index is -0.170. The molecule has 2 N–H and O–H groups in total. The molecule has 0 unspecified atom stereocenters. The first-order valence-electron chi connectivity index (χ1n) is 8.00. The highest BCUT2D eigenvalue weighted by Crippen LogP contribution is 2.31. The van der Waals surface area contributed by atoms with Gasteiger partial charge in [0, 0.05) is 17.3 Å². The molecule has 4 rings (SSSR count). The fraction of sp³-hybridized carbons (Fsp3) is 0.375. The van der Waals surface area contributed by atoms with E-state index in [4.69, 9.17) is 0 Å². The number of hydrogen-bond donors (Lipinski definition) is 2. The Labute approximate surface area is 143 Å². The van der Waals surface area contributed by atoms with Gasteiger partial charge in [-0.1, -0.05) is 0 Å². The zero-order valence-electron chi connectivity index (χ0n) is 13.3. The Morgan fingerprint density at radius 3 is 3.00 bits per heavy atom. The van der Waals surface area contributed by atoms with Crippen LogP contribution in [0, 0.1) is 6.92 Å². The van der Waals surface area contributed by atoms with Gasteiger partial charge in [0.05, 0.1) is 5.56 Å². The van der Waals surface area contributed by atoms with E-state index in [1.54, 1.807) is 34.1 Å². The van der Waals surface area contributed by atoms with Crippen LogP contribution in [0.1, 0.15) is 39.8 Å². The monoisotopic (exact) mass is 342 g/mol. The minimum Gasteiger partial charge on any atom is -0.317 e. The lowest BCUT2D eigenvalue weighted by Crippen LogP contribution is -2.26. The molecule has 0 saturated carbocycles. The van der Waals surface area contributed by atoms with Gasteiger partial charge in [0.15, 0.2) is 10.8 Å². The van der Waals surface area contributed by atoms with Gasteiger partial charge in [-0.15, -0.1) is 21.5 Å². The number of carbonyl (C=O) groups excluding carboxylic acids is 1. The molecule has 1 fully saturated rings. The molecule has 3 aromatic rings. The maximum absolute atomic E-state index is 12.5. The van der Waals surface area contributed by atoms with E-state index in [0.717, 1.165) is 37.4 Å². The smallest absolute Gasteiger partial charge is 0.258 e. The third kappa shape index (κ3) is 2.90. The van der Waals surface area contributed by atoms with Gasteiger partial charge in [-0.25, -0.2) is 4.98 Å². The Balaban J connectivity index is 1.50. The fourth-order valence-electron chi connectivity index (χ4n) is 2.95. The lowest BCUT2D eigenvalue weighted by Gasteiger charge is -2.20. The number of hydrogen-bond acceptors (Lipinski definition) is 6. The number of amides is 1. The molecular weight excluding hydrogens is 324 g/mol. The second-order valence-electron chi connectivity index (χ2n) is 5.94. The maximum Gasteiger partial charge on any atom is 0.258 e. The predicted molar refractivity (Wildman–Crippen MR) is 92.6 cm³/mol. The van der Waals surface area contributed by atoms with Gasteiger partial charge in [0.25, 0.3) is 5.91 Å². The molecule has 1 aliphatic heterocycles. The predicted octanol–water partition coefficient (Wildman–Crippen LogP) is 2.21. The molecule has 7 nitrogen and oxygen atoms in total. The summed E-state index contributed by atoms with van der Waals surface area (Å²) >= 11 is 1.57. The summed E-state index contributed by atoms with van der Waals surface area (Å²) in [4.78, 5) is 18.1. The van der Waals surface area contributed by atoms with E-state index >= 15 is 0 Å². The van der Waals surface area contributed by atoms with Crippen molar-refractivity contribution in [2.75, 3.05) is 18.4 Å². The Morgan fingerprint density at radius 1 is 1.33 bits per heavy atom. The summed E-state index contributed by atoms with van der Waals surface area (Å²) < 4.78 is 1.80. The number of fused-ring (bicyclic) bond motifs is 1. The van der Waals surface area contributed by atoms with Crippen LogP contribution in [0.2, 0.25) is 0 Å². The molecule has 1 aliphatic rings. The van der Waals surface area contributed by atoms with Crippen LogP contribution in [0.25, 0.3) is 5.65 Å². The van der Waals surface area contributed by atoms with Gasteiger partial charge in [0.1, 0.15) is 5.82 Å². The molecule has 1 amide bonds. The van der Waals surface area contributed by atoms with Crippen molar-refractivity contribution < 1.29 is 4.79 Å². The van der Waals surface area contributed by atoms with Crippen molar-refractivity contribution in [2.24, 2.45) is 0 Å². The molecule has 0 spiro atoms. The van der Waals surface area contributed by atoms with Gasteiger partial charge >= 0.3 is 0 Å². The molecule has 4 heterocycles. The number of nitrogens with one attached hydrogen (secondary N) is 2. The molecule has 0 bridgehead atoms. The second-order valence-corrected chi connectivity index (χ2v) is 7.00. The van der Waals surface area contributed by atoms with Crippen LogP contribution in [0.3, 0.4) is 0 Å². The first-order valence-corrected chi connectivity index (χ1v) is 8.81. The van der Waals surface area contributed by atoms with E-state index in [1.165, 1.54) is 4.88 Å². The number of nitrogens with zero attached hydrogens (tertiary/aromatic N) is 4. The third-order valence-electron chi connectivity index (χ3n) is 4.32. The van der Waals surface area contributed by atoms with Crippen LogP contribution in [0.4, 0.5) is 5.13 Å². The average Bonchev–Trinajstić information content (AvgIpc) is 3.23. The summed E-state index contributed by atoms with van der Waals surface area (Å²) in [6.07, 6.45) is 5.89. The number of carbonyl (C=O) groups is 1. The van der Waals surface area contributed by atoms with Crippen molar-refractivity contribution in [3.05, 3.63) is 40.8 Å². The first kappa shape index (κ1) is 15.2. The van der Waals surface area contributed by atoms with Crippen LogP contribution in [0.15, 0.2) is 24.5 Å². The van der Waals surface area contributed by atoms with Crippen molar-refractivity contribution in [3.8, 4) is 0 Å². The van der Waals surface area contributed by atoms with E-state index in [9.17, 15) is 4.79 Å². The van der Waals surface area contributed by atoms with Crippen molar-refractivity contribution >= 4 is 28.0 Å². The van der Waals surface area contributed by atoms with E-state index in [1.807, 2.05) is 13.1 Å². The fourth-order valence-corrected chi connectivity index (χ4v) is 3.93. The lowest BCUT2D eigenvalue weighted by molar-refractivity contribution is 0.102. The quantitative estimate of drug-likeness (QED) is 0.762. The molecule has 0 radical (unpaired) electrons. The molecule has 0 atom stereocenters. The van der Waals surface area contributed by atoms with E-state index in [0.29, 0.717) is 16.6 Å². The summed E-state index contributed by atoms with van der Waals surface area (Å²) in [5.41, 5.74) is 1.29. The normalized spacial score (nSPS) is 15.7. The molecular formula is C16H18N6OS. The summed E-state index contributed by atoms with van der Waals surface area (Å²) in [5.74, 6) is 1.13. The Kier molecular flexibility index (Phi) is 3.99. The summed E-state index contributed by atoms with van der Waals surface area (Å²) in [7, 11) is 0. The van der Waals surface area contributed by atoms with Crippen LogP contribution in [-0.2, 0) is 0 Å². The van der Waals surface area contributed by atoms with Gasteiger partial charge in [-0.2, -0.15) is 0 Å². The van der Waals surface area contributed by atoms with Crippen LogP contribution in [0.5, 0.6) is 0 Å². The highest BCUT2D eigenvalue weighted by atomic mass is 32.1. The average molecular weight is 342 g/mol. The number of thiazole rings is 1.